The molecule has 4 rings (SSSR count). The van der Waals surface area contributed by atoms with E-state index in [1.165, 1.54) is 12.1 Å². The molecule has 31 heavy (non-hydrogen) atoms. The molecule has 0 aliphatic carbocycles. The van der Waals surface area contributed by atoms with Crippen LogP contribution in [0, 0.1) is 11.6 Å². The van der Waals surface area contributed by atoms with Gasteiger partial charge in [0.25, 0.3) is 10.0 Å². The van der Waals surface area contributed by atoms with Gasteiger partial charge in [0.2, 0.25) is 0 Å². The minimum absolute atomic E-state index is 0.00668. The van der Waals surface area contributed by atoms with Gasteiger partial charge in [-0.2, -0.15) is 11.1 Å². The molecule has 1 aliphatic heterocycles. The fourth-order valence-electron chi connectivity index (χ4n) is 3.05. The number of hydrazine groups is 3. The number of benzene rings is 3. The van der Waals surface area contributed by atoms with Gasteiger partial charge < -0.3 is 5.11 Å². The van der Waals surface area contributed by atoms with Crippen LogP contribution in [0.4, 0.5) is 14.5 Å². The summed E-state index contributed by atoms with van der Waals surface area (Å²) in [6, 6.07) is 12.4. The zero-order chi connectivity index (χ0) is 22.2. The molecular formula is C19H16ClF2N5O3S. The Labute approximate surface area is 181 Å². The topological polar surface area (TPSA) is 115 Å². The molecule has 3 aromatic carbocycles. The molecule has 8 nitrogen and oxygen atoms in total. The quantitative estimate of drug-likeness (QED) is 0.342. The van der Waals surface area contributed by atoms with Crippen molar-refractivity contribution in [1.29, 1.82) is 0 Å². The van der Waals surface area contributed by atoms with Gasteiger partial charge >= 0.3 is 0 Å². The van der Waals surface area contributed by atoms with Crippen LogP contribution in [0.1, 0.15) is 11.7 Å². The second kappa shape index (κ2) is 8.38. The highest BCUT2D eigenvalue weighted by Gasteiger charge is 2.26. The highest BCUT2D eigenvalue weighted by atomic mass is 35.5. The molecule has 0 spiro atoms. The molecule has 0 unspecified atom stereocenters. The molecule has 1 heterocycles. The number of sulfonamides is 1. The lowest BCUT2D eigenvalue weighted by Gasteiger charge is -2.16. The lowest BCUT2D eigenvalue weighted by atomic mass is 10.0. The van der Waals surface area contributed by atoms with Crippen LogP contribution in [-0.2, 0) is 10.0 Å². The van der Waals surface area contributed by atoms with Gasteiger partial charge in [0.1, 0.15) is 22.7 Å². The molecular weight excluding hydrogens is 452 g/mol. The molecule has 1 aliphatic rings. The van der Waals surface area contributed by atoms with Gasteiger partial charge in [0, 0.05) is 11.6 Å². The lowest BCUT2D eigenvalue weighted by Crippen LogP contribution is -2.33. The summed E-state index contributed by atoms with van der Waals surface area (Å²) in [6.07, 6.45) is -0.570. The summed E-state index contributed by atoms with van der Waals surface area (Å²) in [7, 11) is -4.50. The van der Waals surface area contributed by atoms with E-state index >= 15 is 0 Å². The van der Waals surface area contributed by atoms with E-state index in [2.05, 4.69) is 26.6 Å². The normalized spacial score (nSPS) is 14.7. The van der Waals surface area contributed by atoms with E-state index < -0.39 is 44.2 Å². The van der Waals surface area contributed by atoms with Crippen LogP contribution >= 0.6 is 11.6 Å². The molecule has 0 aromatic heterocycles. The first-order valence-electron chi connectivity index (χ1n) is 8.87. The van der Waals surface area contributed by atoms with E-state index in [9.17, 15) is 22.3 Å². The number of phenols is 1. The van der Waals surface area contributed by atoms with E-state index in [1.54, 1.807) is 30.3 Å². The van der Waals surface area contributed by atoms with Crippen LogP contribution in [0.3, 0.4) is 0 Å². The molecule has 6 N–H and O–H groups in total. The Bertz CT molecular complexity index is 1240. The Balaban J connectivity index is 1.74. The van der Waals surface area contributed by atoms with Gasteiger partial charge in [-0.05, 0) is 29.3 Å². The number of phenolic OH excluding ortho intramolecular Hbond substituents is 1. The largest absolute Gasteiger partial charge is 0.505 e. The van der Waals surface area contributed by atoms with Crippen molar-refractivity contribution >= 4 is 27.3 Å². The van der Waals surface area contributed by atoms with Gasteiger partial charge in [0.15, 0.2) is 5.75 Å². The summed E-state index contributed by atoms with van der Waals surface area (Å²) in [6.45, 7) is 0. The molecule has 1 saturated heterocycles. The fraction of sp³-hybridized carbons (Fsp3) is 0.0526. The summed E-state index contributed by atoms with van der Waals surface area (Å²) >= 11 is 6.00. The maximum atomic E-state index is 14.4. The predicted octanol–water partition coefficient (Wildman–Crippen LogP) is 2.91. The molecule has 1 fully saturated rings. The summed E-state index contributed by atoms with van der Waals surface area (Å²) in [4.78, 5) is -0.574. The van der Waals surface area contributed by atoms with Crippen molar-refractivity contribution in [1.82, 2.24) is 21.9 Å². The monoisotopic (exact) mass is 467 g/mol. The number of halogens is 3. The molecule has 0 atom stereocenters. The van der Waals surface area contributed by atoms with Gasteiger partial charge in [-0.3, -0.25) is 4.72 Å². The Hall–Kier alpha value is -2.80. The maximum Gasteiger partial charge on any atom is 0.265 e. The number of aromatic hydroxyl groups is 1. The third-order valence-corrected chi connectivity index (χ3v) is 6.22. The second-order valence-electron chi connectivity index (χ2n) is 6.60. The molecule has 162 valence electrons. The van der Waals surface area contributed by atoms with Crippen molar-refractivity contribution in [2.24, 2.45) is 0 Å². The predicted molar refractivity (Wildman–Crippen MR) is 111 cm³/mol. The van der Waals surface area contributed by atoms with E-state index in [0.29, 0.717) is 17.2 Å². The van der Waals surface area contributed by atoms with Crippen LogP contribution in [0.25, 0.3) is 11.1 Å². The maximum absolute atomic E-state index is 14.4. The zero-order valence-electron chi connectivity index (χ0n) is 15.6. The summed E-state index contributed by atoms with van der Waals surface area (Å²) < 4.78 is 56.7. The van der Waals surface area contributed by atoms with E-state index in [1.807, 2.05) is 0 Å². The van der Waals surface area contributed by atoms with Crippen molar-refractivity contribution in [2.75, 3.05) is 4.72 Å². The number of nitrogens with one attached hydrogen (secondary N) is 5. The van der Waals surface area contributed by atoms with Crippen molar-refractivity contribution < 1.29 is 22.3 Å². The Morgan fingerprint density at radius 1 is 0.968 bits per heavy atom. The third-order valence-electron chi connectivity index (χ3n) is 4.55. The molecule has 0 amide bonds. The number of hydrogen-bond donors (Lipinski definition) is 6. The number of hydrogen-bond acceptors (Lipinski definition) is 7. The van der Waals surface area contributed by atoms with Crippen molar-refractivity contribution in [3.63, 3.8) is 0 Å². The first kappa shape index (κ1) is 21.4. The molecule has 0 saturated carbocycles. The number of anilines is 1. The van der Waals surface area contributed by atoms with Crippen LogP contribution in [0.15, 0.2) is 59.5 Å². The van der Waals surface area contributed by atoms with Crippen molar-refractivity contribution in [3.05, 3.63) is 76.8 Å². The van der Waals surface area contributed by atoms with E-state index in [-0.39, 0.29) is 10.6 Å². The van der Waals surface area contributed by atoms with Crippen LogP contribution in [-0.4, -0.2) is 13.5 Å². The van der Waals surface area contributed by atoms with E-state index in [0.717, 1.165) is 6.07 Å². The average Bonchev–Trinajstić information content (AvgIpc) is 3.27. The second-order valence-corrected chi connectivity index (χ2v) is 8.66. The lowest BCUT2D eigenvalue weighted by molar-refractivity contribution is 0.457. The summed E-state index contributed by atoms with van der Waals surface area (Å²) in [5, 5.41) is 10.0. The minimum Gasteiger partial charge on any atom is -0.505 e. The van der Waals surface area contributed by atoms with Crippen LogP contribution in [0.5, 0.6) is 5.75 Å². The first-order chi connectivity index (χ1) is 14.8. The summed E-state index contributed by atoms with van der Waals surface area (Å²) in [5.41, 5.74) is 11.0. The van der Waals surface area contributed by atoms with Crippen molar-refractivity contribution in [2.45, 2.75) is 11.1 Å². The molecule has 0 radical (unpaired) electrons. The average molecular weight is 468 g/mol. The van der Waals surface area contributed by atoms with Gasteiger partial charge in [-0.15, -0.1) is 0 Å². The zero-order valence-corrected chi connectivity index (χ0v) is 17.2. The minimum atomic E-state index is -4.50. The van der Waals surface area contributed by atoms with Gasteiger partial charge in [-0.1, -0.05) is 41.9 Å². The molecule has 3 aromatic rings. The van der Waals surface area contributed by atoms with Crippen LogP contribution < -0.4 is 26.6 Å². The third kappa shape index (κ3) is 4.32. The first-order valence-corrected chi connectivity index (χ1v) is 10.7. The smallest absolute Gasteiger partial charge is 0.265 e. The Kier molecular flexibility index (Phi) is 5.79. The SMILES string of the molecule is O=S(=O)(Nc1cc(-c2ccccc2)c(F)cc1F)c1cc(C2NNNN2)cc(Cl)c1O. The Morgan fingerprint density at radius 2 is 1.65 bits per heavy atom. The number of rotatable bonds is 5. The van der Waals surface area contributed by atoms with Gasteiger partial charge in [-0.25, -0.2) is 28.1 Å². The molecule has 12 heteroatoms. The fourth-order valence-corrected chi connectivity index (χ4v) is 4.55. The Morgan fingerprint density at radius 3 is 2.32 bits per heavy atom. The van der Waals surface area contributed by atoms with Crippen molar-refractivity contribution in [3.8, 4) is 16.9 Å². The standard InChI is InChI=1S/C19H16ClF2N5O3S/c20-13-6-11(19-23-26-27-24-19)7-17(18(13)28)31(29,30)25-16-8-12(14(21)9-15(16)22)10-4-2-1-3-5-10/h1-9,19,23-28H. The summed E-state index contributed by atoms with van der Waals surface area (Å²) in [5.74, 6) is -2.67. The van der Waals surface area contributed by atoms with E-state index in [4.69, 9.17) is 11.6 Å². The highest BCUT2D eigenvalue weighted by Crippen LogP contribution is 2.36. The van der Waals surface area contributed by atoms with Gasteiger partial charge in [0.05, 0.1) is 10.7 Å². The molecule has 0 bridgehead atoms. The van der Waals surface area contributed by atoms with Crippen LogP contribution in [0.2, 0.25) is 5.02 Å². The highest BCUT2D eigenvalue weighted by molar-refractivity contribution is 7.92.